The first-order chi connectivity index (χ1) is 14.7. The van der Waals surface area contributed by atoms with Crippen LogP contribution in [0.2, 0.25) is 5.02 Å². The van der Waals surface area contributed by atoms with E-state index in [9.17, 15) is 4.79 Å². The summed E-state index contributed by atoms with van der Waals surface area (Å²) in [4.78, 5) is 18.8. The summed E-state index contributed by atoms with van der Waals surface area (Å²) in [7, 11) is 0. The van der Waals surface area contributed by atoms with Gasteiger partial charge in [0.2, 0.25) is 5.91 Å². The molecule has 1 saturated heterocycles. The van der Waals surface area contributed by atoms with E-state index < -0.39 is 0 Å². The van der Waals surface area contributed by atoms with Crippen molar-refractivity contribution in [2.75, 3.05) is 19.6 Å². The van der Waals surface area contributed by atoms with Crippen molar-refractivity contribution >= 4 is 23.6 Å². The van der Waals surface area contributed by atoms with Crippen molar-refractivity contribution in [3.8, 4) is 0 Å². The lowest BCUT2D eigenvalue weighted by Crippen LogP contribution is -2.37. The van der Waals surface area contributed by atoms with E-state index in [0.717, 1.165) is 43.1 Å². The second-order valence-corrected chi connectivity index (χ2v) is 9.06. The molecule has 2 fully saturated rings. The van der Waals surface area contributed by atoms with Crippen molar-refractivity contribution in [2.45, 2.75) is 44.1 Å². The minimum absolute atomic E-state index is 0.00115. The predicted molar refractivity (Wildman–Crippen MR) is 122 cm³/mol. The van der Waals surface area contributed by atoms with Gasteiger partial charge in [-0.2, -0.15) is 0 Å². The molecular formula is C25H30ClN3O. The number of piperidine rings is 1. The van der Waals surface area contributed by atoms with Gasteiger partial charge in [-0.15, -0.1) is 0 Å². The number of rotatable bonds is 6. The number of nitrogens with zero attached hydrogens (tertiary/aromatic N) is 2. The zero-order chi connectivity index (χ0) is 20.8. The summed E-state index contributed by atoms with van der Waals surface area (Å²) in [6, 6.07) is 12.4. The van der Waals surface area contributed by atoms with Crippen LogP contribution in [0.1, 0.15) is 49.1 Å². The molecule has 1 aromatic carbocycles. The summed E-state index contributed by atoms with van der Waals surface area (Å²) in [5, 5.41) is 3.99. The van der Waals surface area contributed by atoms with Gasteiger partial charge >= 0.3 is 0 Å². The third-order valence-electron chi connectivity index (χ3n) is 6.47. The molecule has 1 amide bonds. The van der Waals surface area contributed by atoms with Crippen LogP contribution in [0.4, 0.5) is 0 Å². The average Bonchev–Trinajstić information content (AvgIpc) is 3.21. The van der Waals surface area contributed by atoms with E-state index in [1.165, 1.54) is 24.8 Å². The van der Waals surface area contributed by atoms with Gasteiger partial charge in [0, 0.05) is 36.1 Å². The van der Waals surface area contributed by atoms with E-state index in [1.807, 2.05) is 30.3 Å². The Labute approximate surface area is 184 Å². The number of nitrogens with one attached hydrogen (secondary N) is 1. The summed E-state index contributed by atoms with van der Waals surface area (Å²) in [5.41, 5.74) is 2.41. The molecule has 4 nitrogen and oxygen atoms in total. The van der Waals surface area contributed by atoms with Gasteiger partial charge in [0.05, 0.1) is 0 Å². The number of carbonyl (C=O) groups excluding carboxylic acids is 1. The Morgan fingerprint density at radius 3 is 2.53 bits per heavy atom. The smallest absolute Gasteiger partial charge is 0.244 e. The molecule has 5 heteroatoms. The fraction of sp³-hybridized carbons (Fsp3) is 0.440. The van der Waals surface area contributed by atoms with Crippen LogP contribution in [0.25, 0.3) is 6.08 Å². The lowest BCUT2D eigenvalue weighted by atomic mass is 9.89. The maximum atomic E-state index is 12.2. The number of benzene rings is 1. The minimum Gasteiger partial charge on any atom is -0.350 e. The third kappa shape index (κ3) is 5.93. The van der Waals surface area contributed by atoms with Crippen molar-refractivity contribution < 1.29 is 4.79 Å². The molecule has 0 spiro atoms. The van der Waals surface area contributed by atoms with Gasteiger partial charge in [-0.3, -0.25) is 9.78 Å². The molecule has 2 heterocycles. The molecular weight excluding hydrogens is 394 g/mol. The Balaban J connectivity index is 1.18. The number of likely N-dealkylation sites (tertiary alicyclic amines) is 1. The Hall–Kier alpha value is -2.17. The first-order valence-electron chi connectivity index (χ1n) is 11.0. The van der Waals surface area contributed by atoms with Crippen molar-refractivity contribution in [1.29, 1.82) is 0 Å². The topological polar surface area (TPSA) is 45.2 Å². The first kappa shape index (κ1) is 21.1. The summed E-state index contributed by atoms with van der Waals surface area (Å²) < 4.78 is 0. The van der Waals surface area contributed by atoms with Crippen LogP contribution < -0.4 is 5.32 Å². The molecule has 158 valence electrons. The van der Waals surface area contributed by atoms with Crippen LogP contribution in [0.15, 0.2) is 54.9 Å². The quantitative estimate of drug-likeness (QED) is 0.671. The van der Waals surface area contributed by atoms with Crippen LogP contribution >= 0.6 is 11.6 Å². The van der Waals surface area contributed by atoms with Gasteiger partial charge in [0.15, 0.2) is 0 Å². The van der Waals surface area contributed by atoms with Crippen LogP contribution in [-0.2, 0) is 4.79 Å². The number of pyridine rings is 1. The lowest BCUT2D eigenvalue weighted by Gasteiger charge is -2.33. The zero-order valence-corrected chi connectivity index (χ0v) is 18.1. The van der Waals surface area contributed by atoms with Crippen LogP contribution in [0, 0.1) is 5.92 Å². The number of carbonyl (C=O) groups is 1. The van der Waals surface area contributed by atoms with Crippen molar-refractivity contribution in [2.24, 2.45) is 5.92 Å². The second-order valence-electron chi connectivity index (χ2n) is 8.62. The molecule has 1 saturated carbocycles. The second kappa shape index (κ2) is 10.2. The highest BCUT2D eigenvalue weighted by Crippen LogP contribution is 2.31. The summed E-state index contributed by atoms with van der Waals surface area (Å²) in [5.74, 6) is 1.34. The standard InChI is InChI=1S/C25H30ClN3O/c26-23-5-3-21(4-6-23)22-11-15-29(16-12-22)18-20-1-7-24(17-20)28-25(30)8-2-19-9-13-27-14-10-19/h2-6,8-10,13-14,20,22,24H,1,7,11-12,15-18H2,(H,28,30)/b8-2+/t20-,24+/m0/s1. The monoisotopic (exact) mass is 423 g/mol. The predicted octanol–water partition coefficient (Wildman–Crippen LogP) is 4.91. The van der Waals surface area contributed by atoms with E-state index in [2.05, 4.69) is 27.3 Å². The average molecular weight is 424 g/mol. The molecule has 1 N–H and O–H groups in total. The number of aromatic nitrogens is 1. The fourth-order valence-corrected chi connectivity index (χ4v) is 4.94. The fourth-order valence-electron chi connectivity index (χ4n) is 4.82. The molecule has 30 heavy (non-hydrogen) atoms. The van der Waals surface area contributed by atoms with E-state index in [-0.39, 0.29) is 5.91 Å². The number of halogens is 1. The highest BCUT2D eigenvalue weighted by Gasteiger charge is 2.28. The van der Waals surface area contributed by atoms with E-state index >= 15 is 0 Å². The van der Waals surface area contributed by atoms with Crippen molar-refractivity contribution in [3.63, 3.8) is 0 Å². The zero-order valence-electron chi connectivity index (χ0n) is 17.3. The highest BCUT2D eigenvalue weighted by atomic mass is 35.5. The summed E-state index contributed by atoms with van der Waals surface area (Å²) in [6.07, 6.45) is 12.7. The number of hydrogen-bond donors (Lipinski definition) is 1. The van der Waals surface area contributed by atoms with Gasteiger partial charge in [-0.05, 0) is 98.5 Å². The van der Waals surface area contributed by atoms with Crippen LogP contribution in [0.5, 0.6) is 0 Å². The first-order valence-corrected chi connectivity index (χ1v) is 11.4. The Bertz CT molecular complexity index is 844. The molecule has 0 radical (unpaired) electrons. The molecule has 1 aliphatic heterocycles. The minimum atomic E-state index is 0.00115. The molecule has 1 aliphatic carbocycles. The third-order valence-corrected chi connectivity index (χ3v) is 6.72. The molecule has 2 atom stereocenters. The van der Waals surface area contributed by atoms with E-state index in [0.29, 0.717) is 17.9 Å². The SMILES string of the molecule is O=C(/C=C/c1ccncc1)N[C@@H]1CC[C@H](CN2CCC(c3ccc(Cl)cc3)CC2)C1. The number of amides is 1. The Morgan fingerprint density at radius 1 is 1.07 bits per heavy atom. The Morgan fingerprint density at radius 2 is 1.80 bits per heavy atom. The molecule has 0 unspecified atom stereocenters. The highest BCUT2D eigenvalue weighted by molar-refractivity contribution is 6.30. The molecule has 2 aliphatic rings. The van der Waals surface area contributed by atoms with Crippen LogP contribution in [0.3, 0.4) is 0 Å². The lowest BCUT2D eigenvalue weighted by molar-refractivity contribution is -0.117. The van der Waals surface area contributed by atoms with Gasteiger partial charge in [0.1, 0.15) is 0 Å². The van der Waals surface area contributed by atoms with Gasteiger partial charge < -0.3 is 10.2 Å². The van der Waals surface area contributed by atoms with E-state index in [4.69, 9.17) is 11.6 Å². The van der Waals surface area contributed by atoms with E-state index in [1.54, 1.807) is 18.5 Å². The Kier molecular flexibility index (Phi) is 7.19. The molecule has 2 aromatic rings. The maximum absolute atomic E-state index is 12.2. The summed E-state index contributed by atoms with van der Waals surface area (Å²) in [6.45, 7) is 3.48. The van der Waals surface area contributed by atoms with Gasteiger partial charge in [-0.1, -0.05) is 23.7 Å². The van der Waals surface area contributed by atoms with Crippen molar-refractivity contribution in [3.05, 3.63) is 71.0 Å². The van der Waals surface area contributed by atoms with Gasteiger partial charge in [-0.25, -0.2) is 0 Å². The largest absolute Gasteiger partial charge is 0.350 e. The number of hydrogen-bond acceptors (Lipinski definition) is 3. The summed E-state index contributed by atoms with van der Waals surface area (Å²) >= 11 is 6.02. The van der Waals surface area contributed by atoms with Gasteiger partial charge in [0.25, 0.3) is 0 Å². The normalized spacial score (nSPS) is 23.1. The molecule has 4 rings (SSSR count). The van der Waals surface area contributed by atoms with Crippen LogP contribution in [-0.4, -0.2) is 41.5 Å². The van der Waals surface area contributed by atoms with Crippen molar-refractivity contribution in [1.82, 2.24) is 15.2 Å². The molecule has 0 bridgehead atoms. The maximum Gasteiger partial charge on any atom is 0.244 e. The molecule has 1 aromatic heterocycles.